The molecule has 0 atom stereocenters. The normalized spacial score (nSPS) is 27.9. The summed E-state index contributed by atoms with van der Waals surface area (Å²) >= 11 is 0. The Bertz CT molecular complexity index is 133. The smallest absolute Gasteiger partial charge is 0.0540 e. The Morgan fingerprint density at radius 3 is 2.64 bits per heavy atom. The van der Waals surface area contributed by atoms with Gasteiger partial charge in [0.2, 0.25) is 0 Å². The van der Waals surface area contributed by atoms with Gasteiger partial charge in [0.05, 0.1) is 6.10 Å². The highest BCUT2D eigenvalue weighted by Gasteiger charge is 2.18. The maximum atomic E-state index is 9.33. The first-order chi connectivity index (χ1) is 6.83. The molecular formula is C11H23NO2. The van der Waals surface area contributed by atoms with Gasteiger partial charge in [-0.05, 0) is 51.1 Å². The van der Waals surface area contributed by atoms with E-state index in [0.29, 0.717) is 0 Å². The number of methoxy groups -OCH3 is 1. The first kappa shape index (κ1) is 12.0. The first-order valence-corrected chi connectivity index (χ1v) is 5.70. The topological polar surface area (TPSA) is 41.5 Å². The molecule has 1 aliphatic carbocycles. The molecule has 0 bridgehead atoms. The minimum Gasteiger partial charge on any atom is -0.393 e. The molecular weight excluding hydrogens is 178 g/mol. The van der Waals surface area contributed by atoms with Crippen LogP contribution in [0.15, 0.2) is 0 Å². The largest absolute Gasteiger partial charge is 0.393 e. The Balaban J connectivity index is 1.91. The summed E-state index contributed by atoms with van der Waals surface area (Å²) in [4.78, 5) is 0. The molecule has 0 unspecified atom stereocenters. The molecule has 3 heteroatoms. The molecule has 0 aromatic heterocycles. The average molecular weight is 201 g/mol. The van der Waals surface area contributed by atoms with Gasteiger partial charge in [0.15, 0.2) is 0 Å². The summed E-state index contributed by atoms with van der Waals surface area (Å²) in [5.41, 5.74) is 0. The molecule has 0 saturated heterocycles. The molecule has 1 saturated carbocycles. The number of aliphatic hydroxyl groups is 1. The third-order valence-corrected chi connectivity index (χ3v) is 2.95. The highest BCUT2D eigenvalue weighted by molar-refractivity contribution is 4.72. The van der Waals surface area contributed by atoms with Gasteiger partial charge in [0, 0.05) is 13.7 Å². The van der Waals surface area contributed by atoms with E-state index in [4.69, 9.17) is 4.74 Å². The zero-order chi connectivity index (χ0) is 10.2. The van der Waals surface area contributed by atoms with Crippen molar-refractivity contribution in [3.05, 3.63) is 0 Å². The van der Waals surface area contributed by atoms with Crippen LogP contribution in [-0.4, -0.2) is 38.0 Å². The molecule has 84 valence electrons. The van der Waals surface area contributed by atoms with Gasteiger partial charge in [-0.25, -0.2) is 0 Å². The molecule has 1 aliphatic rings. The van der Waals surface area contributed by atoms with Gasteiger partial charge in [-0.1, -0.05) is 0 Å². The molecule has 0 aliphatic heterocycles. The van der Waals surface area contributed by atoms with Gasteiger partial charge < -0.3 is 15.2 Å². The summed E-state index contributed by atoms with van der Waals surface area (Å²) in [5.74, 6) is 0.779. The van der Waals surface area contributed by atoms with Crippen LogP contribution in [0.5, 0.6) is 0 Å². The van der Waals surface area contributed by atoms with Crippen LogP contribution < -0.4 is 5.32 Å². The van der Waals surface area contributed by atoms with Crippen LogP contribution >= 0.6 is 0 Å². The summed E-state index contributed by atoms with van der Waals surface area (Å²) in [7, 11) is 1.74. The molecule has 14 heavy (non-hydrogen) atoms. The van der Waals surface area contributed by atoms with Crippen molar-refractivity contribution in [3.63, 3.8) is 0 Å². The van der Waals surface area contributed by atoms with E-state index in [2.05, 4.69) is 5.32 Å². The summed E-state index contributed by atoms with van der Waals surface area (Å²) in [6, 6.07) is 0. The molecule has 0 radical (unpaired) electrons. The second-order valence-corrected chi connectivity index (χ2v) is 4.23. The van der Waals surface area contributed by atoms with Gasteiger partial charge >= 0.3 is 0 Å². The second-order valence-electron chi connectivity index (χ2n) is 4.23. The number of aliphatic hydroxyl groups excluding tert-OH is 1. The lowest BCUT2D eigenvalue weighted by Gasteiger charge is -2.25. The number of nitrogens with one attached hydrogen (secondary N) is 1. The molecule has 0 aromatic carbocycles. The predicted octanol–water partition coefficient (Wildman–Crippen LogP) is 1.16. The van der Waals surface area contributed by atoms with Crippen molar-refractivity contribution >= 4 is 0 Å². The van der Waals surface area contributed by atoms with E-state index in [9.17, 15) is 5.11 Å². The highest BCUT2D eigenvalue weighted by Crippen LogP contribution is 2.23. The first-order valence-electron chi connectivity index (χ1n) is 5.70. The minimum atomic E-state index is -0.0280. The number of rotatable bonds is 6. The van der Waals surface area contributed by atoms with Crippen molar-refractivity contribution < 1.29 is 9.84 Å². The van der Waals surface area contributed by atoms with Crippen molar-refractivity contribution in [2.24, 2.45) is 5.92 Å². The van der Waals surface area contributed by atoms with Gasteiger partial charge in [0.25, 0.3) is 0 Å². The summed E-state index contributed by atoms with van der Waals surface area (Å²) < 4.78 is 4.97. The summed E-state index contributed by atoms with van der Waals surface area (Å²) in [6.07, 6.45) is 5.40. The Kier molecular flexibility index (Phi) is 6.15. The molecule has 3 nitrogen and oxygen atoms in total. The molecule has 0 spiro atoms. The Labute approximate surface area is 86.8 Å². The summed E-state index contributed by atoms with van der Waals surface area (Å²) in [6.45, 7) is 3.00. The van der Waals surface area contributed by atoms with Crippen LogP contribution in [0, 0.1) is 5.92 Å². The van der Waals surface area contributed by atoms with Crippen LogP contribution in [0.3, 0.4) is 0 Å². The van der Waals surface area contributed by atoms with Crippen LogP contribution in [0.2, 0.25) is 0 Å². The van der Waals surface area contributed by atoms with E-state index >= 15 is 0 Å². The zero-order valence-electron chi connectivity index (χ0n) is 9.17. The van der Waals surface area contributed by atoms with E-state index < -0.39 is 0 Å². The Morgan fingerprint density at radius 2 is 2.00 bits per heavy atom. The van der Waals surface area contributed by atoms with E-state index in [1.165, 1.54) is 12.8 Å². The Hall–Kier alpha value is -0.120. The molecule has 0 aromatic rings. The average Bonchev–Trinajstić information content (AvgIpc) is 2.21. The van der Waals surface area contributed by atoms with Crippen LogP contribution in [0.1, 0.15) is 32.1 Å². The van der Waals surface area contributed by atoms with E-state index in [1.807, 2.05) is 0 Å². The van der Waals surface area contributed by atoms with E-state index in [1.54, 1.807) is 7.11 Å². The lowest BCUT2D eigenvalue weighted by atomic mass is 9.87. The van der Waals surface area contributed by atoms with Crippen LogP contribution in [-0.2, 0) is 4.74 Å². The molecule has 1 rings (SSSR count). The number of ether oxygens (including phenoxy) is 1. The predicted molar refractivity (Wildman–Crippen MR) is 57.3 cm³/mol. The zero-order valence-corrected chi connectivity index (χ0v) is 9.17. The number of hydrogen-bond donors (Lipinski definition) is 2. The monoisotopic (exact) mass is 201 g/mol. The highest BCUT2D eigenvalue weighted by atomic mass is 16.5. The molecule has 2 N–H and O–H groups in total. The molecule has 0 heterocycles. The molecule has 1 fully saturated rings. The van der Waals surface area contributed by atoms with Crippen molar-refractivity contribution in [1.82, 2.24) is 5.32 Å². The summed E-state index contributed by atoms with van der Waals surface area (Å²) in [5, 5.41) is 12.8. The maximum Gasteiger partial charge on any atom is 0.0540 e. The van der Waals surface area contributed by atoms with Crippen molar-refractivity contribution in [2.45, 2.75) is 38.2 Å². The van der Waals surface area contributed by atoms with Crippen molar-refractivity contribution in [1.29, 1.82) is 0 Å². The van der Waals surface area contributed by atoms with Crippen molar-refractivity contribution in [2.75, 3.05) is 26.8 Å². The van der Waals surface area contributed by atoms with E-state index in [-0.39, 0.29) is 6.10 Å². The van der Waals surface area contributed by atoms with Gasteiger partial charge in [-0.15, -0.1) is 0 Å². The quantitative estimate of drug-likeness (QED) is 0.634. The van der Waals surface area contributed by atoms with Crippen molar-refractivity contribution in [3.8, 4) is 0 Å². The van der Waals surface area contributed by atoms with Crippen LogP contribution in [0.25, 0.3) is 0 Å². The minimum absolute atomic E-state index is 0.0280. The lowest BCUT2D eigenvalue weighted by molar-refractivity contribution is 0.108. The maximum absolute atomic E-state index is 9.33. The molecule has 0 amide bonds. The second kappa shape index (κ2) is 7.21. The van der Waals surface area contributed by atoms with Crippen LogP contribution in [0.4, 0.5) is 0 Å². The van der Waals surface area contributed by atoms with Gasteiger partial charge in [-0.2, -0.15) is 0 Å². The SMILES string of the molecule is COCCCNCC1CCC(O)CC1. The fraction of sp³-hybridized carbons (Fsp3) is 1.00. The fourth-order valence-corrected chi connectivity index (χ4v) is 2.00. The van der Waals surface area contributed by atoms with Gasteiger partial charge in [0.1, 0.15) is 0 Å². The third-order valence-electron chi connectivity index (χ3n) is 2.95. The lowest BCUT2D eigenvalue weighted by Crippen LogP contribution is -2.28. The third kappa shape index (κ3) is 4.94. The Morgan fingerprint density at radius 1 is 1.29 bits per heavy atom. The number of hydrogen-bond acceptors (Lipinski definition) is 3. The fourth-order valence-electron chi connectivity index (χ4n) is 2.00. The standard InChI is InChI=1S/C11H23NO2/c1-14-8-2-7-12-9-10-3-5-11(13)6-4-10/h10-13H,2-9H2,1H3. The van der Waals surface area contributed by atoms with Gasteiger partial charge in [-0.3, -0.25) is 0 Å². The van der Waals surface area contributed by atoms with E-state index in [0.717, 1.165) is 44.9 Å².